The monoisotopic (exact) mass is 1150 g/mol. The summed E-state index contributed by atoms with van der Waals surface area (Å²) in [4.78, 5) is 77.7. The number of hydrogen-bond donors (Lipinski definition) is 7. The van der Waals surface area contributed by atoms with E-state index >= 15 is 0 Å². The van der Waals surface area contributed by atoms with E-state index in [4.69, 9.17) is 22.1 Å². The van der Waals surface area contributed by atoms with Gasteiger partial charge in [-0.2, -0.15) is 0 Å². The zero-order chi connectivity index (χ0) is 58.8. The molecule has 4 fully saturated rings. The van der Waals surface area contributed by atoms with Gasteiger partial charge in [-0.05, 0) is 132 Å². The lowest BCUT2D eigenvalue weighted by atomic mass is 9.85. The maximum absolute atomic E-state index is 12.9. The van der Waals surface area contributed by atoms with Crippen molar-refractivity contribution in [1.82, 2.24) is 45.5 Å². The predicted octanol–water partition coefficient (Wildman–Crippen LogP) is 8.26. The highest BCUT2D eigenvalue weighted by molar-refractivity contribution is 6.29. The van der Waals surface area contributed by atoms with E-state index in [1.807, 2.05) is 115 Å². The summed E-state index contributed by atoms with van der Waals surface area (Å²) in [5, 5.41) is 26.5. The number of carbonyl (C=O) groups is 5. The molecule has 0 unspecified atom stereocenters. The molecule has 8 heterocycles. The first-order valence-corrected chi connectivity index (χ1v) is 27.9. The van der Waals surface area contributed by atoms with Crippen molar-refractivity contribution in [2.45, 2.75) is 63.1 Å². The molecule has 4 aromatic carbocycles. The molecule has 5 amide bonds. The molecule has 2 spiro atoms. The van der Waals surface area contributed by atoms with E-state index in [2.05, 4.69) is 78.9 Å². The van der Waals surface area contributed by atoms with Crippen molar-refractivity contribution in [3.05, 3.63) is 187 Å². The summed E-state index contributed by atoms with van der Waals surface area (Å²) in [7, 11) is 0. The first kappa shape index (κ1) is 57.4. The van der Waals surface area contributed by atoms with Crippen LogP contribution in [-0.2, 0) is 14.3 Å². The minimum absolute atomic E-state index is 0.0787. The van der Waals surface area contributed by atoms with E-state index in [9.17, 15) is 24.0 Å². The van der Waals surface area contributed by atoms with Gasteiger partial charge in [-0.1, -0.05) is 84.4 Å². The average molecular weight is 1150 g/mol. The third kappa shape index (κ3) is 13.1. The number of nitrogens with two attached hydrogens (primary N) is 1. The number of nitrogen functional groups attached to an aromatic ring is 1. The van der Waals surface area contributed by atoms with Gasteiger partial charge < -0.3 is 51.8 Å². The van der Waals surface area contributed by atoms with Crippen molar-refractivity contribution in [1.29, 1.82) is 0 Å². The Hall–Kier alpha value is -9.80. The highest BCUT2D eigenvalue weighted by Crippen LogP contribution is 2.38. The van der Waals surface area contributed by atoms with Crippen LogP contribution in [0.2, 0.25) is 5.15 Å². The lowest BCUT2D eigenvalue weighted by Crippen LogP contribution is -2.56. The number of para-hydroxylation sites is 4. The zero-order valence-electron chi connectivity index (χ0n) is 46.7. The van der Waals surface area contributed by atoms with E-state index < -0.39 is 23.1 Å². The molecule has 12 rings (SSSR count). The van der Waals surface area contributed by atoms with Crippen LogP contribution in [0, 0.1) is 0 Å². The predicted molar refractivity (Wildman–Crippen MR) is 324 cm³/mol. The molecular weight excluding hydrogens is 1090 g/mol. The minimum atomic E-state index is -0.669. The normalized spacial score (nSPS) is 15.9. The van der Waals surface area contributed by atoms with E-state index in [-0.39, 0.29) is 34.2 Å². The first-order chi connectivity index (χ1) is 40.6. The molecule has 4 aliphatic heterocycles. The van der Waals surface area contributed by atoms with Crippen molar-refractivity contribution in [2.24, 2.45) is 0 Å². The van der Waals surface area contributed by atoms with Gasteiger partial charge in [0.2, 0.25) is 11.8 Å². The van der Waals surface area contributed by atoms with Gasteiger partial charge in [0.15, 0.2) is 11.6 Å². The number of rotatable bonds is 10. The Morgan fingerprint density at radius 3 is 1.54 bits per heavy atom. The van der Waals surface area contributed by atoms with Gasteiger partial charge in [0, 0.05) is 36.9 Å². The number of nitrogens with one attached hydrogen (secondary N) is 6. The van der Waals surface area contributed by atoms with Crippen molar-refractivity contribution in [2.75, 3.05) is 75.9 Å². The van der Waals surface area contributed by atoms with Crippen molar-refractivity contribution < 1.29 is 28.7 Å². The van der Waals surface area contributed by atoms with Gasteiger partial charge >= 0.3 is 6.09 Å². The van der Waals surface area contributed by atoms with Crippen LogP contribution in [-0.4, -0.2) is 115 Å². The Morgan fingerprint density at radius 1 is 0.583 bits per heavy atom. The van der Waals surface area contributed by atoms with Gasteiger partial charge in [0.1, 0.15) is 33.3 Å². The van der Waals surface area contributed by atoms with Crippen LogP contribution in [0.1, 0.15) is 67.2 Å². The Labute approximate surface area is 490 Å². The van der Waals surface area contributed by atoms with Crippen LogP contribution in [0.25, 0.3) is 11.4 Å². The molecule has 23 heteroatoms. The summed E-state index contributed by atoms with van der Waals surface area (Å²) in [6.45, 7) is 9.61. The second-order valence-electron chi connectivity index (χ2n) is 21.3. The smallest absolute Gasteiger partial charge is 0.412 e. The number of benzene rings is 4. The van der Waals surface area contributed by atoms with Gasteiger partial charge in [-0.25, -0.2) is 24.1 Å². The fourth-order valence-corrected chi connectivity index (χ4v) is 10.6. The van der Waals surface area contributed by atoms with Crippen molar-refractivity contribution in [3.63, 3.8) is 0 Å². The standard InChI is InChI=1S/C28H28N8O2.C20H20ClN5O3.C13H17N3O/c29-23-18-36(22-9-5-2-6-10-22)33-25(23)32-26(37)20-11-12-24(30-17-20)34-15-13-28(14-16-34)27(38)31-19-35(28)21-7-3-1-4-8-21;1-20(2,3)29-19(28)23-15-12-26(14-7-5-4-6-8-14)25-17(15)24-18(27)13-9-10-16(21)22-11-13;17-12-13(6-8-14-9-7-13)16(10-15-12)11-4-2-1-3-5-11/h1-12,17-18H,13-16,19,29H2,(H,31,38)(H,32,33,37);4-12H,1-3H3,(H,23,28)(H,24,25,27);1-5,14H,6-10H2,(H,15,17). The quantitative estimate of drug-likeness (QED) is 0.0636. The largest absolute Gasteiger partial charge is 0.444 e. The molecule has 4 aromatic heterocycles. The molecule has 4 saturated heterocycles. The molecule has 8 N–H and O–H groups in total. The van der Waals surface area contributed by atoms with Gasteiger partial charge in [0.25, 0.3) is 11.8 Å². The minimum Gasteiger partial charge on any atom is -0.444 e. The Morgan fingerprint density at radius 2 is 1.05 bits per heavy atom. The van der Waals surface area contributed by atoms with Crippen LogP contribution in [0.4, 0.5) is 45.0 Å². The third-order valence-electron chi connectivity index (χ3n) is 14.8. The molecule has 0 saturated carbocycles. The number of pyridine rings is 2. The molecule has 4 aliphatic rings. The van der Waals surface area contributed by atoms with Gasteiger partial charge in [-0.15, -0.1) is 10.2 Å². The van der Waals surface area contributed by atoms with Gasteiger partial charge in [-0.3, -0.25) is 24.5 Å². The molecule has 84 heavy (non-hydrogen) atoms. The fraction of sp³-hybridized carbons (Fsp3) is 0.262. The average Bonchev–Trinajstić information content (AvgIpc) is 4.47. The maximum atomic E-state index is 12.9. The second-order valence-corrected chi connectivity index (χ2v) is 21.7. The second kappa shape index (κ2) is 25.1. The molecule has 22 nitrogen and oxygen atoms in total. The lowest BCUT2D eigenvalue weighted by molar-refractivity contribution is -0.125. The summed E-state index contributed by atoms with van der Waals surface area (Å²) >= 11 is 5.76. The Bertz CT molecular complexity index is 3570. The summed E-state index contributed by atoms with van der Waals surface area (Å²) < 4.78 is 8.46. The highest BCUT2D eigenvalue weighted by Gasteiger charge is 2.51. The third-order valence-corrected chi connectivity index (χ3v) is 15.0. The maximum Gasteiger partial charge on any atom is 0.412 e. The van der Waals surface area contributed by atoms with E-state index in [0.29, 0.717) is 67.6 Å². The molecular formula is C61H65ClN16O6. The number of amides is 5. The summed E-state index contributed by atoms with van der Waals surface area (Å²) in [6.07, 6.45) is 8.64. The number of aromatic nitrogens is 6. The Kier molecular flexibility index (Phi) is 17.2. The van der Waals surface area contributed by atoms with Crippen LogP contribution >= 0.6 is 11.6 Å². The first-order valence-electron chi connectivity index (χ1n) is 27.5. The number of halogens is 1. The molecule has 0 aliphatic carbocycles. The van der Waals surface area contributed by atoms with Crippen molar-refractivity contribution >= 4 is 81.5 Å². The van der Waals surface area contributed by atoms with Gasteiger partial charge in [0.05, 0.1) is 53.9 Å². The molecule has 0 radical (unpaired) electrons. The number of piperidine rings is 2. The number of ether oxygens (including phenoxy) is 1. The molecule has 432 valence electrons. The summed E-state index contributed by atoms with van der Waals surface area (Å²) in [6, 6.07) is 45.7. The Balaban J connectivity index is 0.000000151. The lowest BCUT2D eigenvalue weighted by Gasteiger charge is -2.43. The number of carbonyl (C=O) groups excluding carboxylic acids is 5. The van der Waals surface area contributed by atoms with Crippen LogP contribution in [0.5, 0.6) is 0 Å². The van der Waals surface area contributed by atoms with Crippen LogP contribution < -0.4 is 52.3 Å². The molecule has 0 atom stereocenters. The van der Waals surface area contributed by atoms with E-state index in [0.717, 1.165) is 54.5 Å². The molecule has 0 bridgehead atoms. The molecule has 8 aromatic rings. The van der Waals surface area contributed by atoms with Crippen LogP contribution in [0.15, 0.2) is 170 Å². The topological polar surface area (TPSA) is 264 Å². The van der Waals surface area contributed by atoms with Crippen molar-refractivity contribution in [3.8, 4) is 11.4 Å². The summed E-state index contributed by atoms with van der Waals surface area (Å²) in [5.41, 5.74) is 9.67. The summed E-state index contributed by atoms with van der Waals surface area (Å²) in [5.74, 6) is 0.709. The number of hydrogen-bond acceptors (Lipinski definition) is 15. The highest BCUT2D eigenvalue weighted by atomic mass is 35.5. The number of anilines is 7. The number of nitrogens with zero attached hydrogens (tertiary/aromatic N) is 9. The van der Waals surface area contributed by atoms with E-state index in [1.54, 1.807) is 60.9 Å². The zero-order valence-corrected chi connectivity index (χ0v) is 47.4. The SMILES string of the molecule is CC(C)(C)OC(=O)Nc1cn(-c2ccccc2)nc1NC(=O)c1ccc(Cl)nc1.Nc1cn(-c2ccccc2)nc1NC(=O)c1ccc(N2CCC3(CC2)C(=O)NCN3c2ccccc2)nc1.O=C1NCN(c2ccccc2)C12CCNCC2. The van der Waals surface area contributed by atoms with E-state index in [1.165, 1.54) is 12.3 Å². The van der Waals surface area contributed by atoms with Crippen LogP contribution in [0.3, 0.4) is 0 Å². The fourth-order valence-electron chi connectivity index (χ4n) is 10.5.